The molecule has 0 saturated carbocycles. The van der Waals surface area contributed by atoms with E-state index in [1.807, 2.05) is 6.92 Å². The first-order valence-corrected chi connectivity index (χ1v) is 6.84. The zero-order chi connectivity index (χ0) is 17.0. The molecule has 0 saturated heterocycles. The second-order valence-electron chi connectivity index (χ2n) is 5.06. The topological polar surface area (TPSA) is 42.0 Å². The molecule has 1 atom stereocenters. The largest absolute Gasteiger partial charge is 0.419 e. The van der Waals surface area contributed by atoms with Crippen molar-refractivity contribution in [3.8, 4) is 0 Å². The Morgan fingerprint density at radius 2 is 1.87 bits per heavy atom. The number of alkyl halides is 3. The molecule has 1 amide bonds. The minimum atomic E-state index is -4.84. The summed E-state index contributed by atoms with van der Waals surface area (Å²) in [6.07, 6.45) is -1.65. The van der Waals surface area contributed by atoms with Crippen molar-refractivity contribution >= 4 is 5.91 Å². The van der Waals surface area contributed by atoms with Crippen LogP contribution in [0.3, 0.4) is 0 Å². The molecule has 0 aliphatic rings. The van der Waals surface area contributed by atoms with Gasteiger partial charge in [-0.15, -0.1) is 0 Å². The Balaban J connectivity index is 2.10. The van der Waals surface area contributed by atoms with Crippen LogP contribution < -0.4 is 5.32 Å². The maximum absolute atomic E-state index is 13.9. The summed E-state index contributed by atoms with van der Waals surface area (Å²) >= 11 is 0. The van der Waals surface area contributed by atoms with Gasteiger partial charge in [-0.05, 0) is 35.7 Å². The van der Waals surface area contributed by atoms with Gasteiger partial charge in [0.2, 0.25) is 0 Å². The Hall–Kier alpha value is -2.44. The number of halogens is 4. The average molecular weight is 326 g/mol. The third kappa shape index (κ3) is 4.06. The van der Waals surface area contributed by atoms with E-state index in [0.717, 1.165) is 17.7 Å². The Bertz CT molecular complexity index is 686. The summed E-state index contributed by atoms with van der Waals surface area (Å²) in [5.41, 5.74) is -1.17. The second kappa shape index (κ2) is 6.76. The molecule has 1 aromatic heterocycles. The lowest BCUT2D eigenvalue weighted by atomic mass is 10.0. The number of amides is 1. The number of pyridine rings is 1. The van der Waals surface area contributed by atoms with Crippen molar-refractivity contribution in [2.75, 3.05) is 6.54 Å². The summed E-state index contributed by atoms with van der Waals surface area (Å²) < 4.78 is 51.8. The van der Waals surface area contributed by atoms with Gasteiger partial charge >= 0.3 is 6.18 Å². The van der Waals surface area contributed by atoms with Crippen LogP contribution in [-0.4, -0.2) is 17.4 Å². The molecule has 0 spiro atoms. The maximum atomic E-state index is 13.9. The molecule has 0 unspecified atom stereocenters. The number of carbonyl (C=O) groups excluding carboxylic acids is 1. The van der Waals surface area contributed by atoms with Crippen LogP contribution in [0.5, 0.6) is 0 Å². The van der Waals surface area contributed by atoms with Crippen LogP contribution in [0.1, 0.15) is 34.3 Å². The summed E-state index contributed by atoms with van der Waals surface area (Å²) in [6, 6.07) is 6.17. The molecule has 0 aliphatic heterocycles. The highest BCUT2D eigenvalue weighted by Gasteiger charge is 2.35. The number of nitrogens with zero attached hydrogens (tertiary/aromatic N) is 1. The van der Waals surface area contributed by atoms with Crippen molar-refractivity contribution in [3.63, 3.8) is 0 Å². The van der Waals surface area contributed by atoms with Crippen molar-refractivity contribution < 1.29 is 22.4 Å². The number of carbonyl (C=O) groups is 1. The van der Waals surface area contributed by atoms with Crippen molar-refractivity contribution in [1.29, 1.82) is 0 Å². The van der Waals surface area contributed by atoms with Gasteiger partial charge in [0.15, 0.2) is 0 Å². The molecule has 0 radical (unpaired) electrons. The first-order chi connectivity index (χ1) is 10.8. The summed E-state index contributed by atoms with van der Waals surface area (Å²) in [7, 11) is 0. The number of benzene rings is 1. The highest BCUT2D eigenvalue weighted by Crippen LogP contribution is 2.32. The normalized spacial score (nSPS) is 12.7. The van der Waals surface area contributed by atoms with Crippen molar-refractivity contribution in [2.45, 2.75) is 19.0 Å². The van der Waals surface area contributed by atoms with Gasteiger partial charge in [-0.2, -0.15) is 13.2 Å². The zero-order valence-corrected chi connectivity index (χ0v) is 12.2. The fourth-order valence-corrected chi connectivity index (χ4v) is 2.08. The number of hydrogen-bond acceptors (Lipinski definition) is 2. The van der Waals surface area contributed by atoms with Gasteiger partial charge in [-0.3, -0.25) is 9.78 Å². The molecule has 0 aliphatic carbocycles. The lowest BCUT2D eigenvalue weighted by Crippen LogP contribution is -2.29. The smallest absolute Gasteiger partial charge is 0.351 e. The van der Waals surface area contributed by atoms with E-state index in [1.165, 1.54) is 0 Å². The lowest BCUT2D eigenvalue weighted by Gasteiger charge is -2.14. The third-order valence-electron chi connectivity index (χ3n) is 3.39. The van der Waals surface area contributed by atoms with E-state index in [9.17, 15) is 22.4 Å². The van der Waals surface area contributed by atoms with E-state index in [0.29, 0.717) is 6.07 Å². The summed E-state index contributed by atoms with van der Waals surface area (Å²) in [5, 5.41) is 2.45. The average Bonchev–Trinajstić information content (AvgIpc) is 2.52. The molecule has 3 nitrogen and oxygen atoms in total. The minimum Gasteiger partial charge on any atom is -0.351 e. The Morgan fingerprint density at radius 1 is 1.22 bits per heavy atom. The van der Waals surface area contributed by atoms with E-state index in [1.54, 1.807) is 24.5 Å². The zero-order valence-electron chi connectivity index (χ0n) is 12.2. The molecule has 2 aromatic rings. The van der Waals surface area contributed by atoms with Crippen LogP contribution in [0.25, 0.3) is 0 Å². The number of rotatable bonds is 4. The Morgan fingerprint density at radius 3 is 2.48 bits per heavy atom. The first kappa shape index (κ1) is 16.9. The highest BCUT2D eigenvalue weighted by molar-refractivity contribution is 5.94. The van der Waals surface area contributed by atoms with Gasteiger partial charge in [-0.25, -0.2) is 4.39 Å². The Labute approximate surface area is 130 Å². The molecular formula is C16H14F4N2O. The third-order valence-corrected chi connectivity index (χ3v) is 3.39. The van der Waals surface area contributed by atoms with Crippen molar-refractivity contribution in [1.82, 2.24) is 10.3 Å². The molecule has 122 valence electrons. The summed E-state index contributed by atoms with van der Waals surface area (Å²) in [4.78, 5) is 15.8. The van der Waals surface area contributed by atoms with Gasteiger partial charge in [0.25, 0.3) is 5.91 Å². The van der Waals surface area contributed by atoms with Gasteiger partial charge in [0.1, 0.15) is 5.82 Å². The number of nitrogens with one attached hydrogen (secondary N) is 1. The molecule has 1 N–H and O–H groups in total. The maximum Gasteiger partial charge on any atom is 0.419 e. The van der Waals surface area contributed by atoms with Crippen LogP contribution in [0.15, 0.2) is 42.7 Å². The first-order valence-electron chi connectivity index (χ1n) is 6.84. The molecular weight excluding hydrogens is 312 g/mol. The predicted molar refractivity (Wildman–Crippen MR) is 76.4 cm³/mol. The van der Waals surface area contributed by atoms with Crippen LogP contribution in [0, 0.1) is 5.82 Å². The quantitative estimate of drug-likeness (QED) is 0.869. The number of aromatic nitrogens is 1. The molecule has 0 bridgehead atoms. The van der Waals surface area contributed by atoms with Crippen LogP contribution >= 0.6 is 0 Å². The van der Waals surface area contributed by atoms with Gasteiger partial charge < -0.3 is 5.32 Å². The molecule has 1 aromatic carbocycles. The highest BCUT2D eigenvalue weighted by atomic mass is 19.4. The van der Waals surface area contributed by atoms with Gasteiger partial charge in [0.05, 0.1) is 11.1 Å². The van der Waals surface area contributed by atoms with Gasteiger partial charge in [-0.1, -0.05) is 13.0 Å². The molecule has 7 heteroatoms. The van der Waals surface area contributed by atoms with Crippen LogP contribution in [0.4, 0.5) is 17.6 Å². The summed E-state index contributed by atoms with van der Waals surface area (Å²) in [6.45, 7) is 2.00. The fraction of sp³-hybridized carbons (Fsp3) is 0.250. The fourth-order valence-electron chi connectivity index (χ4n) is 2.08. The minimum absolute atomic E-state index is 0.0872. The van der Waals surface area contributed by atoms with Gasteiger partial charge in [0, 0.05) is 18.9 Å². The van der Waals surface area contributed by atoms with Crippen LogP contribution in [-0.2, 0) is 6.18 Å². The SMILES string of the molecule is C[C@@H](CNC(=O)c1cccc(C(F)(F)F)c1F)c1ccncc1. The number of hydrogen-bond donors (Lipinski definition) is 1. The van der Waals surface area contributed by atoms with E-state index in [-0.39, 0.29) is 12.5 Å². The monoisotopic (exact) mass is 326 g/mol. The Kier molecular flexibility index (Phi) is 4.98. The molecule has 0 fully saturated rings. The molecule has 2 rings (SSSR count). The van der Waals surface area contributed by atoms with E-state index < -0.39 is 29.0 Å². The van der Waals surface area contributed by atoms with E-state index >= 15 is 0 Å². The second-order valence-corrected chi connectivity index (χ2v) is 5.06. The van der Waals surface area contributed by atoms with Crippen molar-refractivity contribution in [2.24, 2.45) is 0 Å². The summed E-state index contributed by atoms with van der Waals surface area (Å²) in [5.74, 6) is -2.53. The van der Waals surface area contributed by atoms with E-state index in [4.69, 9.17) is 0 Å². The van der Waals surface area contributed by atoms with E-state index in [2.05, 4.69) is 10.3 Å². The standard InChI is InChI=1S/C16H14F4N2O/c1-10(11-5-7-21-8-6-11)9-22-15(23)12-3-2-4-13(14(12)17)16(18,19)20/h2-8,10H,9H2,1H3,(H,22,23)/t10-/m0/s1. The van der Waals surface area contributed by atoms with Crippen LogP contribution in [0.2, 0.25) is 0 Å². The molecule has 23 heavy (non-hydrogen) atoms. The molecule has 1 heterocycles. The lowest BCUT2D eigenvalue weighted by molar-refractivity contribution is -0.140. The van der Waals surface area contributed by atoms with Crippen molar-refractivity contribution in [3.05, 3.63) is 65.2 Å². The predicted octanol–water partition coefficient (Wildman–Crippen LogP) is 3.77.